The number of anilines is 2. The molecule has 2 bridgehead atoms. The Hall–Kier alpha value is -2.51. The molecule has 6 heterocycles. The van der Waals surface area contributed by atoms with Crippen LogP contribution in [0, 0.1) is 5.92 Å². The van der Waals surface area contributed by atoms with E-state index < -0.39 is 0 Å². The van der Waals surface area contributed by atoms with E-state index >= 15 is 0 Å². The molecule has 158 valence electrons. The van der Waals surface area contributed by atoms with Crippen LogP contribution in [-0.4, -0.2) is 65.6 Å². The van der Waals surface area contributed by atoms with Crippen LogP contribution in [0.15, 0.2) is 42.7 Å². The summed E-state index contributed by atoms with van der Waals surface area (Å²) in [6.45, 7) is 5.51. The lowest BCUT2D eigenvalue weighted by Crippen LogP contribution is -2.52. The molecule has 7 heteroatoms. The van der Waals surface area contributed by atoms with Crippen molar-refractivity contribution in [3.63, 3.8) is 0 Å². The van der Waals surface area contributed by atoms with Gasteiger partial charge < -0.3 is 15.5 Å². The molecule has 4 saturated heterocycles. The van der Waals surface area contributed by atoms with Gasteiger partial charge in [-0.2, -0.15) is 0 Å². The Bertz CT molecular complexity index is 869. The maximum Gasteiger partial charge on any atom is 0.274 e. The third kappa shape index (κ3) is 4.18. The first-order valence-corrected chi connectivity index (χ1v) is 11.2. The molecule has 4 fully saturated rings. The van der Waals surface area contributed by atoms with E-state index in [1.807, 2.05) is 12.1 Å². The highest BCUT2D eigenvalue weighted by Crippen LogP contribution is 2.33. The van der Waals surface area contributed by atoms with E-state index in [1.54, 1.807) is 30.6 Å². The van der Waals surface area contributed by atoms with Crippen molar-refractivity contribution in [2.45, 2.75) is 37.8 Å². The summed E-state index contributed by atoms with van der Waals surface area (Å²) in [4.78, 5) is 26.6. The number of hydrogen-bond donors (Lipinski definition) is 2. The summed E-state index contributed by atoms with van der Waals surface area (Å²) in [7, 11) is 0. The highest BCUT2D eigenvalue weighted by atomic mass is 16.1. The monoisotopic (exact) mass is 406 g/mol. The Morgan fingerprint density at radius 1 is 0.967 bits per heavy atom. The molecule has 4 aliphatic heterocycles. The Balaban J connectivity index is 1.31. The number of nitrogens with one attached hydrogen (secondary N) is 2. The zero-order valence-corrected chi connectivity index (χ0v) is 17.3. The predicted molar refractivity (Wildman–Crippen MR) is 118 cm³/mol. The van der Waals surface area contributed by atoms with E-state index in [2.05, 4.69) is 25.4 Å². The fraction of sp³-hybridized carbons (Fsp3) is 0.522. The number of fused-ring (bicyclic) bond motifs is 4. The predicted octanol–water partition coefficient (Wildman–Crippen LogP) is 2.38. The second-order valence-electron chi connectivity index (χ2n) is 8.75. The van der Waals surface area contributed by atoms with E-state index in [0.29, 0.717) is 23.7 Å². The maximum atomic E-state index is 12.7. The summed E-state index contributed by atoms with van der Waals surface area (Å²) in [6, 6.07) is 10.6. The van der Waals surface area contributed by atoms with Gasteiger partial charge in [-0.05, 0) is 69.0 Å². The van der Waals surface area contributed by atoms with Crippen LogP contribution in [0.25, 0.3) is 0 Å². The lowest BCUT2D eigenvalue weighted by atomic mass is 9.91. The fourth-order valence-corrected chi connectivity index (χ4v) is 5.25. The third-order valence-corrected chi connectivity index (χ3v) is 6.76. The molecule has 7 nitrogen and oxygen atoms in total. The summed E-state index contributed by atoms with van der Waals surface area (Å²) in [6.07, 6.45) is 8.41. The highest BCUT2D eigenvalue weighted by Gasteiger charge is 2.38. The summed E-state index contributed by atoms with van der Waals surface area (Å²) in [5, 5.41) is 6.40. The molecule has 6 rings (SSSR count). The highest BCUT2D eigenvalue weighted by molar-refractivity contribution is 6.03. The summed E-state index contributed by atoms with van der Waals surface area (Å²) in [5.74, 6) is 1.41. The molecule has 2 unspecified atom stereocenters. The van der Waals surface area contributed by atoms with Crippen molar-refractivity contribution in [3.05, 3.63) is 48.4 Å². The molecule has 2 atom stereocenters. The Labute approximate surface area is 177 Å². The van der Waals surface area contributed by atoms with Crippen LogP contribution < -0.4 is 15.5 Å². The quantitative estimate of drug-likeness (QED) is 0.812. The molecular formula is C23H30N6O. The van der Waals surface area contributed by atoms with Crippen molar-refractivity contribution in [2.24, 2.45) is 5.92 Å². The minimum atomic E-state index is -0.183. The number of carbonyl (C=O) groups excluding carboxylic acids is 1. The van der Waals surface area contributed by atoms with Gasteiger partial charge in [0, 0.05) is 49.8 Å². The van der Waals surface area contributed by atoms with Crippen LogP contribution >= 0.6 is 0 Å². The van der Waals surface area contributed by atoms with Gasteiger partial charge in [0.1, 0.15) is 11.5 Å². The Morgan fingerprint density at radius 3 is 2.63 bits per heavy atom. The second kappa shape index (κ2) is 8.70. The molecule has 2 N–H and O–H groups in total. The molecule has 0 radical (unpaired) electrons. The van der Waals surface area contributed by atoms with Crippen molar-refractivity contribution in [1.29, 1.82) is 0 Å². The van der Waals surface area contributed by atoms with Gasteiger partial charge in [0.05, 0.1) is 0 Å². The maximum absolute atomic E-state index is 12.7. The smallest absolute Gasteiger partial charge is 0.274 e. The second-order valence-corrected chi connectivity index (χ2v) is 8.75. The van der Waals surface area contributed by atoms with Gasteiger partial charge in [0.15, 0.2) is 0 Å². The number of nitrogens with zero attached hydrogens (tertiary/aromatic N) is 4. The van der Waals surface area contributed by atoms with Crippen molar-refractivity contribution >= 4 is 17.4 Å². The number of aromatic nitrogens is 2. The standard InChI is InChI=1S/C23H30N6O/c30-23(26-18-6-10-24-11-7-18)21-2-1-3-22(27-21)28-14-17-4-5-20(16-28)29(15-17)19-8-12-25-13-9-19/h1-3,6-7,10-11,17,19-20,25H,4-5,8-9,12-16H2,(H,24,26,30). The zero-order valence-electron chi connectivity index (χ0n) is 17.3. The van der Waals surface area contributed by atoms with Gasteiger partial charge in [-0.25, -0.2) is 4.98 Å². The van der Waals surface area contributed by atoms with Crippen LogP contribution in [0.2, 0.25) is 0 Å². The number of pyridine rings is 2. The van der Waals surface area contributed by atoms with Gasteiger partial charge in [0.25, 0.3) is 5.91 Å². The van der Waals surface area contributed by atoms with E-state index in [9.17, 15) is 4.79 Å². The van der Waals surface area contributed by atoms with Gasteiger partial charge in [0.2, 0.25) is 0 Å². The summed E-state index contributed by atoms with van der Waals surface area (Å²) < 4.78 is 0. The van der Waals surface area contributed by atoms with Crippen LogP contribution in [0.3, 0.4) is 0 Å². The molecular weight excluding hydrogens is 376 g/mol. The van der Waals surface area contributed by atoms with Gasteiger partial charge in [-0.3, -0.25) is 14.7 Å². The molecule has 2 aromatic heterocycles. The van der Waals surface area contributed by atoms with Crippen molar-refractivity contribution in [3.8, 4) is 0 Å². The molecule has 30 heavy (non-hydrogen) atoms. The van der Waals surface area contributed by atoms with E-state index in [-0.39, 0.29) is 5.91 Å². The van der Waals surface area contributed by atoms with Gasteiger partial charge >= 0.3 is 0 Å². The molecule has 0 aliphatic carbocycles. The number of carbonyl (C=O) groups is 1. The molecule has 0 saturated carbocycles. The third-order valence-electron chi connectivity index (χ3n) is 6.76. The first kappa shape index (κ1) is 19.5. The van der Waals surface area contributed by atoms with E-state index in [0.717, 1.165) is 37.7 Å². The lowest BCUT2D eigenvalue weighted by Gasteiger charge is -2.43. The number of rotatable bonds is 4. The molecule has 2 aromatic rings. The number of hydrogen-bond acceptors (Lipinski definition) is 6. The van der Waals surface area contributed by atoms with Crippen molar-refractivity contribution < 1.29 is 4.79 Å². The fourth-order valence-electron chi connectivity index (χ4n) is 5.25. The minimum absolute atomic E-state index is 0.183. The van der Waals surface area contributed by atoms with Crippen LogP contribution in [-0.2, 0) is 0 Å². The average Bonchev–Trinajstić information content (AvgIpc) is 3.13. The van der Waals surface area contributed by atoms with Gasteiger partial charge in [-0.1, -0.05) is 6.07 Å². The van der Waals surface area contributed by atoms with Gasteiger partial charge in [-0.15, -0.1) is 0 Å². The molecule has 1 amide bonds. The number of piperidine rings is 2. The average molecular weight is 407 g/mol. The first-order valence-electron chi connectivity index (χ1n) is 11.2. The molecule has 0 aromatic carbocycles. The summed E-state index contributed by atoms with van der Waals surface area (Å²) >= 11 is 0. The van der Waals surface area contributed by atoms with E-state index in [1.165, 1.54) is 32.2 Å². The van der Waals surface area contributed by atoms with Crippen molar-refractivity contribution in [2.75, 3.05) is 42.9 Å². The summed E-state index contributed by atoms with van der Waals surface area (Å²) in [5.41, 5.74) is 1.18. The molecule has 4 aliphatic rings. The molecule has 0 spiro atoms. The minimum Gasteiger partial charge on any atom is -0.355 e. The lowest BCUT2D eigenvalue weighted by molar-refractivity contribution is 0.0679. The van der Waals surface area contributed by atoms with E-state index in [4.69, 9.17) is 4.98 Å². The zero-order chi connectivity index (χ0) is 20.3. The SMILES string of the molecule is O=C(Nc1ccncc1)c1cccc(N2CC3CCC(C2)N(C2CCNCC2)C3)n1. The normalized spacial score (nSPS) is 25.1. The van der Waals surface area contributed by atoms with Crippen molar-refractivity contribution in [1.82, 2.24) is 20.2 Å². The van der Waals surface area contributed by atoms with Crippen LogP contribution in [0.4, 0.5) is 11.5 Å². The Morgan fingerprint density at radius 2 is 1.80 bits per heavy atom. The first-order chi connectivity index (χ1) is 14.8. The van der Waals surface area contributed by atoms with Crippen LogP contribution in [0.5, 0.6) is 0 Å². The number of amides is 1. The van der Waals surface area contributed by atoms with Crippen LogP contribution in [0.1, 0.15) is 36.2 Å². The largest absolute Gasteiger partial charge is 0.355 e. The topological polar surface area (TPSA) is 73.4 Å². The Kier molecular flexibility index (Phi) is 5.64.